The van der Waals surface area contributed by atoms with Crippen LogP contribution in [0.2, 0.25) is 0 Å². The summed E-state index contributed by atoms with van der Waals surface area (Å²) >= 11 is 0. The minimum absolute atomic E-state index is 0.0247. The number of hydrogen-bond donors (Lipinski definition) is 3. The number of anilines is 2. The van der Waals surface area contributed by atoms with Gasteiger partial charge < -0.3 is 30.1 Å². The highest BCUT2D eigenvalue weighted by molar-refractivity contribution is 7.89. The van der Waals surface area contributed by atoms with E-state index in [-0.39, 0.29) is 47.3 Å². The zero-order valence-corrected chi connectivity index (χ0v) is 27.0. The second-order valence-electron chi connectivity index (χ2n) is 11.4. The summed E-state index contributed by atoms with van der Waals surface area (Å²) in [5.41, 5.74) is 0.944. The van der Waals surface area contributed by atoms with Crippen LogP contribution < -0.4 is 20.1 Å². The number of sulfonamides is 1. The summed E-state index contributed by atoms with van der Waals surface area (Å²) < 4.78 is 52.0. The SMILES string of the molecule is CC1CN(C(C)CO)C(=O)c2cccc(NC(=O)Nc3cccc4ccccc34)c2OC1CN(C)S(=O)(=O)c1ccc(OCF)cc1. The fourth-order valence-electron chi connectivity index (χ4n) is 5.47. The normalized spacial score (nSPS) is 17.3. The van der Waals surface area contributed by atoms with Gasteiger partial charge in [0.1, 0.15) is 11.9 Å². The molecule has 0 aromatic heterocycles. The summed E-state index contributed by atoms with van der Waals surface area (Å²) in [4.78, 5) is 28.6. The first-order valence-corrected chi connectivity index (χ1v) is 16.5. The molecule has 47 heavy (non-hydrogen) atoms. The van der Waals surface area contributed by atoms with Crippen molar-refractivity contribution >= 4 is 44.1 Å². The molecule has 3 amide bonds. The highest BCUT2D eigenvalue weighted by atomic mass is 32.2. The Kier molecular flexibility index (Phi) is 10.3. The summed E-state index contributed by atoms with van der Waals surface area (Å²) in [5, 5.41) is 17.4. The van der Waals surface area contributed by atoms with E-state index in [0.29, 0.717) is 5.69 Å². The van der Waals surface area contributed by atoms with Gasteiger partial charge in [-0.3, -0.25) is 4.79 Å². The van der Waals surface area contributed by atoms with Crippen molar-refractivity contribution in [2.45, 2.75) is 30.9 Å². The molecule has 3 N–H and O–H groups in total. The molecule has 4 aromatic carbocycles. The zero-order valence-electron chi connectivity index (χ0n) is 26.2. The van der Waals surface area contributed by atoms with E-state index in [1.807, 2.05) is 43.3 Å². The van der Waals surface area contributed by atoms with Crippen LogP contribution in [0.4, 0.5) is 20.6 Å². The fraction of sp³-hybridized carbons (Fsp3) is 0.294. The standard InChI is InChI=1S/C34H37FN4O7S/c1-22-18-39(23(2)20-40)33(41)28-11-7-13-30(37-34(42)36-29-12-6-9-24-8-4-5-10-27(24)29)32(28)46-31(22)19-38(3)47(43,44)26-16-14-25(15-17-26)45-21-35/h4-17,22-23,31,40H,18-21H2,1-3H3,(H2,36,37,42). The molecule has 0 saturated heterocycles. The fourth-order valence-corrected chi connectivity index (χ4v) is 6.66. The Morgan fingerprint density at radius 1 is 1.04 bits per heavy atom. The number of alkyl halides is 1. The molecule has 0 radical (unpaired) electrons. The number of likely N-dealkylation sites (N-methyl/N-ethyl adjacent to an activating group) is 1. The van der Waals surface area contributed by atoms with Crippen LogP contribution in [0, 0.1) is 5.92 Å². The van der Waals surface area contributed by atoms with Gasteiger partial charge in [-0.2, -0.15) is 4.31 Å². The van der Waals surface area contributed by atoms with Crippen LogP contribution >= 0.6 is 0 Å². The lowest BCUT2D eigenvalue weighted by Gasteiger charge is -2.38. The van der Waals surface area contributed by atoms with Crippen molar-refractivity contribution in [2.24, 2.45) is 5.92 Å². The van der Waals surface area contributed by atoms with Gasteiger partial charge in [-0.25, -0.2) is 17.6 Å². The molecular weight excluding hydrogens is 627 g/mol. The maximum absolute atomic E-state index is 13.8. The predicted octanol–water partition coefficient (Wildman–Crippen LogP) is 5.33. The summed E-state index contributed by atoms with van der Waals surface area (Å²) in [6.07, 6.45) is -0.784. The molecule has 0 fully saturated rings. The quantitative estimate of drug-likeness (QED) is 0.208. The maximum atomic E-state index is 13.8. The first kappa shape index (κ1) is 33.6. The van der Waals surface area contributed by atoms with Gasteiger partial charge in [0.15, 0.2) is 5.75 Å². The molecule has 1 aliphatic rings. The Balaban J connectivity index is 1.46. The van der Waals surface area contributed by atoms with E-state index >= 15 is 0 Å². The summed E-state index contributed by atoms with van der Waals surface area (Å²) in [6, 6.07) is 22.2. The molecule has 13 heteroatoms. The molecule has 0 bridgehead atoms. The number of nitrogens with zero attached hydrogens (tertiary/aromatic N) is 2. The van der Waals surface area contributed by atoms with Crippen LogP contribution in [0.5, 0.6) is 11.5 Å². The third-order valence-corrected chi connectivity index (χ3v) is 10.0. The van der Waals surface area contributed by atoms with Gasteiger partial charge in [0.2, 0.25) is 16.9 Å². The number of ether oxygens (including phenoxy) is 2. The van der Waals surface area contributed by atoms with Crippen molar-refractivity contribution in [3.05, 3.63) is 90.5 Å². The lowest BCUT2D eigenvalue weighted by atomic mass is 9.99. The van der Waals surface area contributed by atoms with Gasteiger partial charge >= 0.3 is 6.03 Å². The number of para-hydroxylation sites is 1. The number of carbonyl (C=O) groups is 2. The monoisotopic (exact) mass is 664 g/mol. The number of hydrogen-bond acceptors (Lipinski definition) is 7. The molecule has 3 unspecified atom stereocenters. The molecule has 1 aliphatic heterocycles. The molecule has 5 rings (SSSR count). The molecule has 0 spiro atoms. The van der Waals surface area contributed by atoms with E-state index in [9.17, 15) is 27.5 Å². The number of aliphatic hydroxyl groups excluding tert-OH is 1. The zero-order chi connectivity index (χ0) is 33.7. The van der Waals surface area contributed by atoms with Crippen molar-refractivity contribution in [2.75, 3.05) is 44.2 Å². The Morgan fingerprint density at radius 2 is 1.70 bits per heavy atom. The van der Waals surface area contributed by atoms with Crippen molar-refractivity contribution < 1.29 is 37.0 Å². The lowest BCUT2D eigenvalue weighted by molar-refractivity contribution is 0.0389. The molecule has 248 valence electrons. The molecule has 1 heterocycles. The first-order chi connectivity index (χ1) is 22.5. The number of carbonyl (C=O) groups excluding carboxylic acids is 2. The highest BCUT2D eigenvalue weighted by Gasteiger charge is 2.36. The van der Waals surface area contributed by atoms with Crippen LogP contribution in [0.15, 0.2) is 89.8 Å². The summed E-state index contributed by atoms with van der Waals surface area (Å²) in [5.74, 6) is -0.538. The van der Waals surface area contributed by atoms with Gasteiger partial charge in [0, 0.05) is 24.9 Å². The average molecular weight is 665 g/mol. The number of fused-ring (bicyclic) bond motifs is 2. The number of urea groups is 1. The third kappa shape index (κ3) is 7.32. The Bertz CT molecular complexity index is 1850. The van der Waals surface area contributed by atoms with E-state index in [1.165, 1.54) is 36.2 Å². The Labute approximate surface area is 272 Å². The van der Waals surface area contributed by atoms with Crippen LogP contribution in [-0.2, 0) is 10.0 Å². The minimum atomic E-state index is -4.02. The molecule has 0 aliphatic carbocycles. The van der Waals surface area contributed by atoms with Crippen LogP contribution in [0.1, 0.15) is 24.2 Å². The number of amides is 3. The van der Waals surface area contributed by atoms with E-state index in [4.69, 9.17) is 9.47 Å². The Hall–Kier alpha value is -4.72. The number of benzene rings is 4. The lowest BCUT2D eigenvalue weighted by Crippen LogP contribution is -2.50. The minimum Gasteiger partial charge on any atom is -0.486 e. The maximum Gasteiger partial charge on any atom is 0.323 e. The second kappa shape index (κ2) is 14.4. The number of aliphatic hydroxyl groups is 1. The van der Waals surface area contributed by atoms with E-state index in [1.54, 1.807) is 31.2 Å². The van der Waals surface area contributed by atoms with Crippen molar-refractivity contribution in [3.63, 3.8) is 0 Å². The predicted molar refractivity (Wildman–Crippen MR) is 177 cm³/mol. The topological polar surface area (TPSA) is 138 Å². The van der Waals surface area contributed by atoms with E-state index in [0.717, 1.165) is 15.1 Å². The first-order valence-electron chi connectivity index (χ1n) is 15.1. The second-order valence-corrected chi connectivity index (χ2v) is 13.5. The van der Waals surface area contributed by atoms with Crippen molar-refractivity contribution in [1.29, 1.82) is 0 Å². The molecule has 3 atom stereocenters. The van der Waals surface area contributed by atoms with Crippen molar-refractivity contribution in [1.82, 2.24) is 9.21 Å². The molecule has 11 nitrogen and oxygen atoms in total. The molecule has 0 saturated carbocycles. The van der Waals surface area contributed by atoms with Crippen LogP contribution in [0.25, 0.3) is 10.8 Å². The van der Waals surface area contributed by atoms with Gasteiger partial charge in [0.05, 0.1) is 41.0 Å². The number of halogens is 1. The summed E-state index contributed by atoms with van der Waals surface area (Å²) in [7, 11) is -2.60. The Morgan fingerprint density at radius 3 is 2.43 bits per heavy atom. The van der Waals surface area contributed by atoms with Crippen LogP contribution in [0.3, 0.4) is 0 Å². The highest BCUT2D eigenvalue weighted by Crippen LogP contribution is 2.35. The average Bonchev–Trinajstić information content (AvgIpc) is 3.06. The van der Waals surface area contributed by atoms with E-state index < -0.39 is 46.9 Å². The van der Waals surface area contributed by atoms with Gasteiger partial charge in [-0.1, -0.05) is 49.4 Å². The number of nitrogens with one attached hydrogen (secondary N) is 2. The van der Waals surface area contributed by atoms with Gasteiger partial charge in [-0.05, 0) is 54.8 Å². The molecule has 4 aromatic rings. The number of rotatable bonds is 10. The van der Waals surface area contributed by atoms with Gasteiger partial charge in [-0.15, -0.1) is 0 Å². The van der Waals surface area contributed by atoms with Crippen LogP contribution in [-0.4, -0.2) is 80.4 Å². The van der Waals surface area contributed by atoms with E-state index in [2.05, 4.69) is 10.6 Å². The smallest absolute Gasteiger partial charge is 0.323 e. The van der Waals surface area contributed by atoms with Crippen molar-refractivity contribution in [3.8, 4) is 11.5 Å². The largest absolute Gasteiger partial charge is 0.486 e. The van der Waals surface area contributed by atoms with Gasteiger partial charge in [0.25, 0.3) is 5.91 Å². The third-order valence-electron chi connectivity index (χ3n) is 8.17. The molecular formula is C34H37FN4O7S. The summed E-state index contributed by atoms with van der Waals surface area (Å²) in [6.45, 7) is 2.27.